The van der Waals surface area contributed by atoms with Gasteiger partial charge in [0.1, 0.15) is 0 Å². The molecular formula is C14H20O5S. The Morgan fingerprint density at radius 3 is 2.60 bits per heavy atom. The van der Waals surface area contributed by atoms with E-state index in [1.165, 1.54) is 25.1 Å². The average Bonchev–Trinajstić information content (AvgIpc) is 2.38. The molecule has 1 N–H and O–H groups in total. The van der Waals surface area contributed by atoms with Crippen molar-refractivity contribution in [3.63, 3.8) is 0 Å². The van der Waals surface area contributed by atoms with Crippen molar-refractivity contribution in [2.45, 2.75) is 31.6 Å². The van der Waals surface area contributed by atoms with Gasteiger partial charge in [-0.05, 0) is 31.0 Å². The van der Waals surface area contributed by atoms with Gasteiger partial charge in [0.05, 0.1) is 22.8 Å². The lowest BCUT2D eigenvalue weighted by molar-refractivity contribution is 0.0696. The van der Waals surface area contributed by atoms with Gasteiger partial charge >= 0.3 is 5.97 Å². The number of sulfone groups is 1. The lowest BCUT2D eigenvalue weighted by Gasteiger charge is -2.10. The van der Waals surface area contributed by atoms with E-state index in [-0.39, 0.29) is 28.4 Å². The number of carboxylic acids is 1. The zero-order chi connectivity index (χ0) is 15.2. The molecule has 0 spiro atoms. The first-order valence-corrected chi connectivity index (χ1v) is 8.18. The summed E-state index contributed by atoms with van der Waals surface area (Å²) < 4.78 is 29.6. The van der Waals surface area contributed by atoms with Crippen molar-refractivity contribution in [1.82, 2.24) is 0 Å². The number of unbranched alkanes of at least 4 members (excludes halogenated alkanes) is 1. The van der Waals surface area contributed by atoms with Crippen molar-refractivity contribution in [3.05, 3.63) is 29.3 Å². The normalized spacial score (nSPS) is 11.5. The molecule has 20 heavy (non-hydrogen) atoms. The Morgan fingerprint density at radius 1 is 1.30 bits per heavy atom. The van der Waals surface area contributed by atoms with Crippen molar-refractivity contribution >= 4 is 15.8 Å². The molecule has 5 nitrogen and oxygen atoms in total. The second kappa shape index (κ2) is 7.40. The number of aromatic carboxylic acids is 1. The van der Waals surface area contributed by atoms with Crippen LogP contribution in [0.5, 0.6) is 0 Å². The predicted molar refractivity (Wildman–Crippen MR) is 75.9 cm³/mol. The maximum Gasteiger partial charge on any atom is 0.335 e. The third-order valence-corrected chi connectivity index (χ3v) is 4.80. The molecule has 0 atom stereocenters. The SMILES string of the molecule is CCCCOCCS(=O)(=O)c1cccc(C(=O)O)c1C. The molecule has 0 aliphatic heterocycles. The molecule has 0 saturated carbocycles. The molecule has 0 saturated heterocycles. The standard InChI is InChI=1S/C14H20O5S/c1-3-4-8-19-9-10-20(17,18)13-7-5-6-12(11(13)2)14(15)16/h5-7H,3-4,8-10H2,1-2H3,(H,15,16). The van der Waals surface area contributed by atoms with Crippen LogP contribution >= 0.6 is 0 Å². The monoisotopic (exact) mass is 300 g/mol. The topological polar surface area (TPSA) is 80.7 Å². The van der Waals surface area contributed by atoms with E-state index in [4.69, 9.17) is 9.84 Å². The molecule has 0 fully saturated rings. The van der Waals surface area contributed by atoms with Gasteiger partial charge in [-0.2, -0.15) is 0 Å². The van der Waals surface area contributed by atoms with E-state index >= 15 is 0 Å². The Bertz CT molecular complexity index is 563. The van der Waals surface area contributed by atoms with Crippen molar-refractivity contribution in [2.24, 2.45) is 0 Å². The van der Waals surface area contributed by atoms with E-state index < -0.39 is 15.8 Å². The lowest BCUT2D eigenvalue weighted by Crippen LogP contribution is -2.15. The van der Waals surface area contributed by atoms with Gasteiger partial charge < -0.3 is 9.84 Å². The summed E-state index contributed by atoms with van der Waals surface area (Å²) in [5.41, 5.74) is 0.284. The summed E-state index contributed by atoms with van der Waals surface area (Å²) in [6, 6.07) is 4.28. The van der Waals surface area contributed by atoms with E-state index in [0.29, 0.717) is 6.61 Å². The molecule has 0 aromatic heterocycles. The molecule has 0 bridgehead atoms. The molecular weight excluding hydrogens is 280 g/mol. The van der Waals surface area contributed by atoms with E-state index in [1.807, 2.05) is 6.92 Å². The Morgan fingerprint density at radius 2 is 2.00 bits per heavy atom. The highest BCUT2D eigenvalue weighted by molar-refractivity contribution is 7.91. The van der Waals surface area contributed by atoms with Gasteiger partial charge in [0.2, 0.25) is 0 Å². The quantitative estimate of drug-likeness (QED) is 0.745. The van der Waals surface area contributed by atoms with Crippen molar-refractivity contribution in [2.75, 3.05) is 19.0 Å². The van der Waals surface area contributed by atoms with Gasteiger partial charge in [-0.25, -0.2) is 13.2 Å². The molecule has 0 amide bonds. The highest BCUT2D eigenvalue weighted by Gasteiger charge is 2.20. The van der Waals surface area contributed by atoms with Crippen LogP contribution in [0.15, 0.2) is 23.1 Å². The fraction of sp³-hybridized carbons (Fsp3) is 0.500. The second-order valence-electron chi connectivity index (χ2n) is 4.52. The highest BCUT2D eigenvalue weighted by atomic mass is 32.2. The van der Waals surface area contributed by atoms with Crippen LogP contribution in [0.25, 0.3) is 0 Å². The lowest BCUT2D eigenvalue weighted by atomic mass is 10.1. The summed E-state index contributed by atoms with van der Waals surface area (Å²) in [5, 5.41) is 9.01. The fourth-order valence-corrected chi connectivity index (χ4v) is 3.23. The molecule has 1 aromatic rings. The maximum absolute atomic E-state index is 12.2. The molecule has 0 aliphatic rings. The smallest absolute Gasteiger partial charge is 0.335 e. The minimum Gasteiger partial charge on any atom is -0.478 e. The molecule has 0 radical (unpaired) electrons. The van der Waals surface area contributed by atoms with E-state index in [0.717, 1.165) is 12.8 Å². The highest BCUT2D eigenvalue weighted by Crippen LogP contribution is 2.20. The third kappa shape index (κ3) is 4.31. The van der Waals surface area contributed by atoms with E-state index in [1.54, 1.807) is 0 Å². The minimum absolute atomic E-state index is 0.0120. The molecule has 1 rings (SSSR count). The number of rotatable bonds is 8. The summed E-state index contributed by atoms with van der Waals surface area (Å²) >= 11 is 0. The maximum atomic E-state index is 12.2. The molecule has 0 unspecified atom stereocenters. The van der Waals surface area contributed by atoms with Gasteiger partial charge in [0, 0.05) is 6.61 Å². The minimum atomic E-state index is -3.52. The van der Waals surface area contributed by atoms with Gasteiger partial charge in [0.15, 0.2) is 9.84 Å². The average molecular weight is 300 g/mol. The third-order valence-electron chi connectivity index (χ3n) is 2.99. The van der Waals surface area contributed by atoms with Crippen molar-refractivity contribution < 1.29 is 23.1 Å². The summed E-state index contributed by atoms with van der Waals surface area (Å²) in [6.45, 7) is 4.20. The van der Waals surface area contributed by atoms with Crippen LogP contribution in [0.1, 0.15) is 35.7 Å². The molecule has 0 aliphatic carbocycles. The van der Waals surface area contributed by atoms with E-state index in [2.05, 4.69) is 0 Å². The van der Waals surface area contributed by atoms with Crippen molar-refractivity contribution in [1.29, 1.82) is 0 Å². The second-order valence-corrected chi connectivity index (χ2v) is 6.60. The molecule has 112 valence electrons. The summed E-state index contributed by atoms with van der Waals surface area (Å²) in [5.74, 6) is -1.26. The summed E-state index contributed by atoms with van der Waals surface area (Å²) in [7, 11) is -3.52. The van der Waals surface area contributed by atoms with Gasteiger partial charge in [-0.1, -0.05) is 19.4 Å². The van der Waals surface area contributed by atoms with Crippen LogP contribution < -0.4 is 0 Å². The van der Waals surface area contributed by atoms with Crippen LogP contribution in [0.2, 0.25) is 0 Å². The van der Waals surface area contributed by atoms with Gasteiger partial charge in [0.25, 0.3) is 0 Å². The number of hydrogen-bond donors (Lipinski definition) is 1. The zero-order valence-corrected chi connectivity index (χ0v) is 12.6. The number of carboxylic acid groups (broad SMARTS) is 1. The van der Waals surface area contributed by atoms with Crippen molar-refractivity contribution in [3.8, 4) is 0 Å². The van der Waals surface area contributed by atoms with Crippen LogP contribution in [-0.4, -0.2) is 38.5 Å². The first-order chi connectivity index (χ1) is 9.40. The van der Waals surface area contributed by atoms with E-state index in [9.17, 15) is 13.2 Å². The van der Waals surface area contributed by atoms with Gasteiger partial charge in [-0.15, -0.1) is 0 Å². The van der Waals surface area contributed by atoms with Gasteiger partial charge in [-0.3, -0.25) is 0 Å². The van der Waals surface area contributed by atoms with Crippen LogP contribution in [0.4, 0.5) is 0 Å². The van der Waals surface area contributed by atoms with Crippen LogP contribution in [0, 0.1) is 6.92 Å². The molecule has 0 heterocycles. The molecule has 6 heteroatoms. The predicted octanol–water partition coefficient (Wildman–Crippen LogP) is 2.28. The number of benzene rings is 1. The Balaban J connectivity index is 2.83. The Labute approximate surface area is 119 Å². The Kier molecular flexibility index (Phi) is 6.16. The Hall–Kier alpha value is -1.40. The first kappa shape index (κ1) is 16.7. The first-order valence-electron chi connectivity index (χ1n) is 6.53. The summed E-state index contributed by atoms with van der Waals surface area (Å²) in [4.78, 5) is 11.1. The number of ether oxygens (including phenoxy) is 1. The number of hydrogen-bond acceptors (Lipinski definition) is 4. The number of carbonyl (C=O) groups is 1. The van der Waals surface area contributed by atoms with Crippen LogP contribution in [-0.2, 0) is 14.6 Å². The largest absolute Gasteiger partial charge is 0.478 e. The fourth-order valence-electron chi connectivity index (χ4n) is 1.81. The zero-order valence-electron chi connectivity index (χ0n) is 11.8. The summed E-state index contributed by atoms with van der Waals surface area (Å²) in [6.07, 6.45) is 1.89. The van der Waals surface area contributed by atoms with Crippen LogP contribution in [0.3, 0.4) is 0 Å². The molecule has 1 aromatic carbocycles.